The van der Waals surface area contributed by atoms with Crippen LogP contribution in [0.5, 0.6) is 0 Å². The second-order valence-electron chi connectivity index (χ2n) is 8.80. The van der Waals surface area contributed by atoms with Crippen molar-refractivity contribution in [3.05, 3.63) is 51.7 Å². The standard InChI is InChI=1S/C26H32N6O3S/c1-31(2)11-9-24(33)29-20-6-5-7-21(17-20)30-26-27-10-4-3-8-22-19(18-28-26)16-23(36-22)25(34)32-12-14-35-15-13-32/h3,5-8,10,16-17H,4,9,11-15,18H2,1-2H3,(H,28,30)(H,29,33)/b8-3-,27-10?. The molecule has 1 fully saturated rings. The maximum absolute atomic E-state index is 13.0. The van der Waals surface area contributed by atoms with Crippen molar-refractivity contribution >= 4 is 52.8 Å². The number of rotatable bonds is 6. The summed E-state index contributed by atoms with van der Waals surface area (Å²) in [6.45, 7) is 3.48. The van der Waals surface area contributed by atoms with Gasteiger partial charge in [0.15, 0.2) is 0 Å². The number of carbonyl (C=O) groups is 2. The van der Waals surface area contributed by atoms with Crippen LogP contribution in [-0.4, -0.2) is 80.7 Å². The highest BCUT2D eigenvalue weighted by molar-refractivity contribution is 7.15. The van der Waals surface area contributed by atoms with Crippen LogP contribution in [0, 0.1) is 0 Å². The van der Waals surface area contributed by atoms with Crippen LogP contribution in [0.3, 0.4) is 0 Å². The molecule has 0 saturated carbocycles. The molecular weight excluding hydrogens is 476 g/mol. The zero-order chi connectivity index (χ0) is 25.3. The lowest BCUT2D eigenvalue weighted by atomic mass is 10.2. The van der Waals surface area contributed by atoms with Gasteiger partial charge in [0.1, 0.15) is 0 Å². The fraction of sp³-hybridized carbons (Fsp3) is 0.385. The number of aliphatic imine (C=N–C) groups is 2. The van der Waals surface area contributed by atoms with Crippen LogP contribution in [0.1, 0.15) is 33.0 Å². The van der Waals surface area contributed by atoms with Gasteiger partial charge in [-0.2, -0.15) is 0 Å². The smallest absolute Gasteiger partial charge is 0.264 e. The number of allylic oxidation sites excluding steroid dienone is 1. The number of guanidine groups is 1. The molecule has 10 heteroatoms. The molecule has 2 aliphatic rings. The number of hydrogen-bond donors (Lipinski definition) is 2. The van der Waals surface area contributed by atoms with Crippen LogP contribution >= 0.6 is 11.3 Å². The van der Waals surface area contributed by atoms with E-state index < -0.39 is 0 Å². The first kappa shape index (κ1) is 25.7. The Labute approximate surface area is 215 Å². The number of amides is 2. The molecule has 3 heterocycles. The number of thiophene rings is 1. The van der Waals surface area contributed by atoms with Gasteiger partial charge in [0.2, 0.25) is 11.9 Å². The molecule has 0 radical (unpaired) electrons. The van der Waals surface area contributed by atoms with Crippen LogP contribution in [-0.2, 0) is 16.1 Å². The summed E-state index contributed by atoms with van der Waals surface area (Å²) in [5.74, 6) is 0.482. The Morgan fingerprint density at radius 2 is 1.97 bits per heavy atom. The van der Waals surface area contributed by atoms with Crippen LogP contribution < -0.4 is 10.6 Å². The van der Waals surface area contributed by atoms with Gasteiger partial charge in [-0.3, -0.25) is 9.59 Å². The number of benzene rings is 1. The molecule has 0 aliphatic carbocycles. The number of nitrogens with one attached hydrogen (secondary N) is 2. The minimum atomic E-state index is -0.0332. The van der Waals surface area contributed by atoms with E-state index in [4.69, 9.17) is 4.74 Å². The third kappa shape index (κ3) is 7.33. The Kier molecular flexibility index (Phi) is 8.99. The molecule has 2 amide bonds. The van der Waals surface area contributed by atoms with Crippen molar-refractivity contribution in [1.82, 2.24) is 9.80 Å². The SMILES string of the molecule is CN(C)CCC(=O)Nc1cccc(NC2=NCc3cc(C(=O)N4CCOCC4)sc3/C=C\CC=N2)c1. The average molecular weight is 509 g/mol. The van der Waals surface area contributed by atoms with E-state index in [0.717, 1.165) is 16.1 Å². The van der Waals surface area contributed by atoms with Gasteiger partial charge in [0.25, 0.3) is 5.91 Å². The van der Waals surface area contributed by atoms with E-state index in [1.807, 2.05) is 66.4 Å². The lowest BCUT2D eigenvalue weighted by Gasteiger charge is -2.26. The number of ether oxygens (including phenoxy) is 1. The largest absolute Gasteiger partial charge is 0.378 e. The summed E-state index contributed by atoms with van der Waals surface area (Å²) in [6.07, 6.45) is 6.95. The minimum absolute atomic E-state index is 0.0332. The first-order chi connectivity index (χ1) is 17.5. The minimum Gasteiger partial charge on any atom is -0.378 e. The van der Waals surface area contributed by atoms with Crippen molar-refractivity contribution in [3.63, 3.8) is 0 Å². The first-order valence-corrected chi connectivity index (χ1v) is 12.8. The molecule has 0 bridgehead atoms. The van der Waals surface area contributed by atoms with E-state index in [-0.39, 0.29) is 11.8 Å². The van der Waals surface area contributed by atoms with E-state index >= 15 is 0 Å². The highest BCUT2D eigenvalue weighted by Crippen LogP contribution is 2.27. The molecule has 4 rings (SSSR count). The molecule has 2 aromatic rings. The second-order valence-corrected chi connectivity index (χ2v) is 9.89. The monoisotopic (exact) mass is 508 g/mol. The van der Waals surface area contributed by atoms with Gasteiger partial charge in [0.05, 0.1) is 24.6 Å². The molecule has 0 spiro atoms. The molecule has 2 aliphatic heterocycles. The van der Waals surface area contributed by atoms with E-state index in [1.165, 1.54) is 11.3 Å². The fourth-order valence-corrected chi connectivity index (χ4v) is 4.81. The van der Waals surface area contributed by atoms with Crippen molar-refractivity contribution in [2.24, 2.45) is 9.98 Å². The third-order valence-corrected chi connectivity index (χ3v) is 6.79. The first-order valence-electron chi connectivity index (χ1n) is 12.0. The summed E-state index contributed by atoms with van der Waals surface area (Å²) in [6, 6.07) is 9.43. The Bertz CT molecular complexity index is 1160. The molecule has 36 heavy (non-hydrogen) atoms. The number of morpholine rings is 1. The van der Waals surface area contributed by atoms with Gasteiger partial charge in [0, 0.05) is 54.9 Å². The van der Waals surface area contributed by atoms with Gasteiger partial charge in [-0.15, -0.1) is 11.3 Å². The lowest BCUT2D eigenvalue weighted by Crippen LogP contribution is -2.40. The molecule has 1 saturated heterocycles. The zero-order valence-corrected chi connectivity index (χ0v) is 21.5. The van der Waals surface area contributed by atoms with Crippen LogP contribution in [0.2, 0.25) is 0 Å². The molecule has 0 atom stereocenters. The van der Waals surface area contributed by atoms with Crippen LogP contribution in [0.4, 0.5) is 11.4 Å². The van der Waals surface area contributed by atoms with Gasteiger partial charge in [-0.1, -0.05) is 12.1 Å². The highest BCUT2D eigenvalue weighted by Gasteiger charge is 2.21. The molecule has 190 valence electrons. The lowest BCUT2D eigenvalue weighted by molar-refractivity contribution is -0.116. The van der Waals surface area contributed by atoms with Crippen molar-refractivity contribution in [2.75, 3.05) is 57.6 Å². The quantitative estimate of drug-likeness (QED) is 0.622. The topological polar surface area (TPSA) is 98.6 Å². The number of nitrogens with zero attached hydrogens (tertiary/aromatic N) is 4. The van der Waals surface area contributed by atoms with E-state index in [2.05, 4.69) is 20.6 Å². The van der Waals surface area contributed by atoms with Crippen molar-refractivity contribution in [2.45, 2.75) is 19.4 Å². The van der Waals surface area contributed by atoms with Crippen molar-refractivity contribution < 1.29 is 14.3 Å². The third-order valence-electron chi connectivity index (χ3n) is 5.66. The van der Waals surface area contributed by atoms with E-state index in [1.54, 1.807) is 6.21 Å². The van der Waals surface area contributed by atoms with Gasteiger partial charge < -0.3 is 25.2 Å². The predicted octanol–water partition coefficient (Wildman–Crippen LogP) is 3.57. The summed E-state index contributed by atoms with van der Waals surface area (Å²) in [7, 11) is 3.88. The molecule has 1 aromatic heterocycles. The summed E-state index contributed by atoms with van der Waals surface area (Å²) < 4.78 is 5.37. The number of anilines is 2. The Hall–Kier alpha value is -3.34. The average Bonchev–Trinajstić information content (AvgIpc) is 3.29. The van der Waals surface area contributed by atoms with Gasteiger partial charge in [-0.05, 0) is 50.0 Å². The Balaban J connectivity index is 1.45. The Morgan fingerprint density at radius 1 is 1.17 bits per heavy atom. The molecule has 0 unspecified atom stereocenters. The van der Waals surface area contributed by atoms with Crippen molar-refractivity contribution in [3.8, 4) is 0 Å². The van der Waals surface area contributed by atoms with Crippen LogP contribution in [0.15, 0.2) is 46.4 Å². The van der Waals surface area contributed by atoms with Gasteiger partial charge >= 0.3 is 0 Å². The summed E-state index contributed by atoms with van der Waals surface area (Å²) >= 11 is 1.50. The van der Waals surface area contributed by atoms with E-state index in [0.29, 0.717) is 68.8 Å². The zero-order valence-electron chi connectivity index (χ0n) is 20.7. The Morgan fingerprint density at radius 3 is 2.78 bits per heavy atom. The van der Waals surface area contributed by atoms with E-state index in [9.17, 15) is 9.59 Å². The molecule has 1 aromatic carbocycles. The van der Waals surface area contributed by atoms with Crippen molar-refractivity contribution in [1.29, 1.82) is 0 Å². The molecule has 9 nitrogen and oxygen atoms in total. The number of carbonyl (C=O) groups excluding carboxylic acids is 2. The molecular formula is C26H32N6O3S. The summed E-state index contributed by atoms with van der Waals surface area (Å²) in [5.41, 5.74) is 2.48. The predicted molar refractivity (Wildman–Crippen MR) is 146 cm³/mol. The number of hydrogen-bond acceptors (Lipinski definition) is 8. The summed E-state index contributed by atoms with van der Waals surface area (Å²) in [4.78, 5) is 39.9. The maximum Gasteiger partial charge on any atom is 0.264 e. The van der Waals surface area contributed by atoms with Gasteiger partial charge in [-0.25, -0.2) is 9.98 Å². The second kappa shape index (κ2) is 12.6. The number of fused-ring (bicyclic) bond motifs is 1. The fourth-order valence-electron chi connectivity index (χ4n) is 3.74. The maximum atomic E-state index is 13.0. The summed E-state index contributed by atoms with van der Waals surface area (Å²) in [5, 5.41) is 6.19. The van der Waals surface area contributed by atoms with Crippen LogP contribution in [0.25, 0.3) is 6.08 Å². The highest BCUT2D eigenvalue weighted by atomic mass is 32.1. The normalized spacial score (nSPS) is 16.8. The molecule has 2 N–H and O–H groups in total.